The number of hydrogen-bond acceptors (Lipinski definition) is 3. The van der Waals surface area contributed by atoms with E-state index in [1.807, 2.05) is 14.0 Å². The summed E-state index contributed by atoms with van der Waals surface area (Å²) in [5, 5.41) is 8.73. The predicted octanol–water partition coefficient (Wildman–Crippen LogP) is 1.37. The molecule has 0 aliphatic heterocycles. The second-order valence-electron chi connectivity index (χ2n) is 5.27. The Balaban J connectivity index is 1.90. The third-order valence-electron chi connectivity index (χ3n) is 3.29. The lowest BCUT2D eigenvalue weighted by molar-refractivity contribution is -0.119. The van der Waals surface area contributed by atoms with Gasteiger partial charge >= 0.3 is 0 Å². The Labute approximate surface area is 119 Å². The van der Waals surface area contributed by atoms with Crippen LogP contribution in [0, 0.1) is 5.92 Å². The summed E-state index contributed by atoms with van der Waals surface area (Å²) in [6, 6.07) is 7.33. The van der Waals surface area contributed by atoms with Gasteiger partial charge in [-0.2, -0.15) is 0 Å². The zero-order valence-electron chi connectivity index (χ0n) is 11.9. The van der Waals surface area contributed by atoms with Crippen LogP contribution in [0.3, 0.4) is 0 Å². The first kappa shape index (κ1) is 14.5. The number of rotatable bonds is 6. The van der Waals surface area contributed by atoms with E-state index in [0.717, 1.165) is 12.8 Å². The molecule has 1 aromatic rings. The number of amides is 2. The highest BCUT2D eigenvalue weighted by atomic mass is 16.2. The Kier molecular flexibility index (Phi) is 4.74. The maximum Gasteiger partial charge on any atom is 0.251 e. The molecule has 108 valence electrons. The molecule has 5 nitrogen and oxygen atoms in total. The lowest BCUT2D eigenvalue weighted by atomic mass is 10.1. The minimum Gasteiger partial charge on any atom is -0.349 e. The van der Waals surface area contributed by atoms with Gasteiger partial charge in [-0.05, 0) is 44.2 Å². The van der Waals surface area contributed by atoms with Gasteiger partial charge in [-0.3, -0.25) is 9.59 Å². The SMILES string of the molecule is CNCC(C)C(=O)Nc1ccc(C(=O)NC2CC2)cc1. The molecule has 0 spiro atoms. The zero-order valence-corrected chi connectivity index (χ0v) is 11.9. The van der Waals surface area contributed by atoms with Crippen LogP contribution in [0.4, 0.5) is 5.69 Å². The van der Waals surface area contributed by atoms with Gasteiger partial charge in [-0.1, -0.05) is 6.92 Å². The lowest BCUT2D eigenvalue weighted by Crippen LogP contribution is -2.28. The largest absolute Gasteiger partial charge is 0.349 e. The monoisotopic (exact) mass is 275 g/mol. The fourth-order valence-corrected chi connectivity index (χ4v) is 1.87. The van der Waals surface area contributed by atoms with Crippen molar-refractivity contribution in [3.63, 3.8) is 0 Å². The summed E-state index contributed by atoms with van der Waals surface area (Å²) in [6.45, 7) is 2.50. The average Bonchev–Trinajstić information content (AvgIpc) is 3.23. The second-order valence-corrected chi connectivity index (χ2v) is 5.27. The van der Waals surface area contributed by atoms with Crippen LogP contribution in [-0.4, -0.2) is 31.4 Å². The molecule has 5 heteroatoms. The van der Waals surface area contributed by atoms with Crippen molar-refractivity contribution in [1.82, 2.24) is 10.6 Å². The molecule has 0 heterocycles. The van der Waals surface area contributed by atoms with Gasteiger partial charge in [0.15, 0.2) is 0 Å². The van der Waals surface area contributed by atoms with Gasteiger partial charge in [0, 0.05) is 29.8 Å². The molecular weight excluding hydrogens is 254 g/mol. The Hall–Kier alpha value is -1.88. The van der Waals surface area contributed by atoms with Crippen molar-refractivity contribution in [3.05, 3.63) is 29.8 Å². The van der Waals surface area contributed by atoms with Gasteiger partial charge in [0.1, 0.15) is 0 Å². The number of hydrogen-bond donors (Lipinski definition) is 3. The van der Waals surface area contributed by atoms with Crippen molar-refractivity contribution in [2.75, 3.05) is 18.9 Å². The van der Waals surface area contributed by atoms with E-state index < -0.39 is 0 Å². The number of carbonyl (C=O) groups excluding carboxylic acids is 2. The van der Waals surface area contributed by atoms with E-state index in [4.69, 9.17) is 0 Å². The molecule has 0 radical (unpaired) electrons. The first-order chi connectivity index (χ1) is 9.60. The van der Waals surface area contributed by atoms with Crippen LogP contribution < -0.4 is 16.0 Å². The molecule has 0 bridgehead atoms. The Bertz CT molecular complexity index is 480. The van der Waals surface area contributed by atoms with E-state index >= 15 is 0 Å². The molecule has 1 aliphatic rings. The van der Waals surface area contributed by atoms with Crippen molar-refractivity contribution in [1.29, 1.82) is 0 Å². The highest BCUT2D eigenvalue weighted by Gasteiger charge is 2.23. The zero-order chi connectivity index (χ0) is 14.5. The molecule has 0 saturated heterocycles. The van der Waals surface area contributed by atoms with E-state index in [9.17, 15) is 9.59 Å². The van der Waals surface area contributed by atoms with Crippen molar-refractivity contribution < 1.29 is 9.59 Å². The molecule has 2 rings (SSSR count). The first-order valence-electron chi connectivity index (χ1n) is 6.96. The quantitative estimate of drug-likeness (QED) is 0.734. The van der Waals surface area contributed by atoms with E-state index in [0.29, 0.717) is 23.8 Å². The van der Waals surface area contributed by atoms with Crippen LogP contribution >= 0.6 is 0 Å². The van der Waals surface area contributed by atoms with Crippen LogP contribution in [-0.2, 0) is 4.79 Å². The lowest BCUT2D eigenvalue weighted by Gasteiger charge is -2.12. The second kappa shape index (κ2) is 6.52. The van der Waals surface area contributed by atoms with E-state index in [1.54, 1.807) is 24.3 Å². The summed E-state index contributed by atoms with van der Waals surface area (Å²) < 4.78 is 0. The standard InChI is InChI=1S/C15H21N3O2/c1-10(9-16-2)14(19)17-12-5-3-11(4-6-12)15(20)18-13-7-8-13/h3-6,10,13,16H,7-9H2,1-2H3,(H,17,19)(H,18,20). The minimum absolute atomic E-state index is 0.0328. The summed E-state index contributed by atoms with van der Waals surface area (Å²) in [5.74, 6) is -0.179. The Morgan fingerprint density at radius 1 is 1.25 bits per heavy atom. The molecule has 1 aliphatic carbocycles. The molecule has 1 aromatic carbocycles. The maximum atomic E-state index is 11.8. The highest BCUT2D eigenvalue weighted by molar-refractivity contribution is 5.96. The Morgan fingerprint density at radius 2 is 1.90 bits per heavy atom. The average molecular weight is 275 g/mol. The molecule has 1 saturated carbocycles. The van der Waals surface area contributed by atoms with Crippen LogP contribution in [0.2, 0.25) is 0 Å². The molecule has 0 aromatic heterocycles. The molecular formula is C15H21N3O2. The number of benzene rings is 1. The number of anilines is 1. The van der Waals surface area contributed by atoms with Crippen molar-refractivity contribution in [3.8, 4) is 0 Å². The van der Waals surface area contributed by atoms with Crippen LogP contribution in [0.15, 0.2) is 24.3 Å². The molecule has 1 fully saturated rings. The smallest absolute Gasteiger partial charge is 0.251 e. The molecule has 1 atom stereocenters. The van der Waals surface area contributed by atoms with Gasteiger partial charge in [-0.25, -0.2) is 0 Å². The third kappa shape index (κ3) is 4.06. The normalized spacial score (nSPS) is 15.5. The summed E-state index contributed by atoms with van der Waals surface area (Å²) in [7, 11) is 1.82. The van der Waals surface area contributed by atoms with Gasteiger partial charge in [0.05, 0.1) is 0 Å². The van der Waals surface area contributed by atoms with Gasteiger partial charge in [0.2, 0.25) is 5.91 Å². The Morgan fingerprint density at radius 3 is 2.45 bits per heavy atom. The van der Waals surface area contributed by atoms with Crippen molar-refractivity contribution in [2.24, 2.45) is 5.92 Å². The predicted molar refractivity (Wildman–Crippen MR) is 78.7 cm³/mol. The van der Waals surface area contributed by atoms with Crippen LogP contribution in [0.1, 0.15) is 30.1 Å². The van der Waals surface area contributed by atoms with E-state index in [1.165, 1.54) is 0 Å². The molecule has 2 amide bonds. The van der Waals surface area contributed by atoms with Gasteiger partial charge in [-0.15, -0.1) is 0 Å². The summed E-state index contributed by atoms with van der Waals surface area (Å²) in [6.07, 6.45) is 2.15. The van der Waals surface area contributed by atoms with Crippen molar-refractivity contribution >= 4 is 17.5 Å². The summed E-state index contributed by atoms with van der Waals surface area (Å²) >= 11 is 0. The molecule has 1 unspecified atom stereocenters. The summed E-state index contributed by atoms with van der Waals surface area (Å²) in [5.41, 5.74) is 1.33. The van der Waals surface area contributed by atoms with Crippen molar-refractivity contribution in [2.45, 2.75) is 25.8 Å². The topological polar surface area (TPSA) is 70.2 Å². The van der Waals surface area contributed by atoms with E-state index in [-0.39, 0.29) is 17.7 Å². The van der Waals surface area contributed by atoms with Gasteiger partial charge in [0.25, 0.3) is 5.91 Å². The maximum absolute atomic E-state index is 11.8. The highest BCUT2D eigenvalue weighted by Crippen LogP contribution is 2.19. The van der Waals surface area contributed by atoms with E-state index in [2.05, 4.69) is 16.0 Å². The first-order valence-corrected chi connectivity index (χ1v) is 6.96. The van der Waals surface area contributed by atoms with Crippen LogP contribution in [0.25, 0.3) is 0 Å². The van der Waals surface area contributed by atoms with Crippen LogP contribution in [0.5, 0.6) is 0 Å². The number of nitrogens with one attached hydrogen (secondary N) is 3. The van der Waals surface area contributed by atoms with Gasteiger partial charge < -0.3 is 16.0 Å². The number of carbonyl (C=O) groups is 2. The summed E-state index contributed by atoms with van der Waals surface area (Å²) in [4.78, 5) is 23.7. The molecule has 20 heavy (non-hydrogen) atoms. The fraction of sp³-hybridized carbons (Fsp3) is 0.467. The minimum atomic E-state index is -0.0992. The molecule has 3 N–H and O–H groups in total. The fourth-order valence-electron chi connectivity index (χ4n) is 1.87. The third-order valence-corrected chi connectivity index (χ3v) is 3.29.